The van der Waals surface area contributed by atoms with Crippen molar-refractivity contribution >= 4 is 23.3 Å². The van der Waals surface area contributed by atoms with Crippen LogP contribution in [0.2, 0.25) is 0 Å². The molecule has 1 aromatic heterocycles. The van der Waals surface area contributed by atoms with Gasteiger partial charge in [-0.05, 0) is 31.5 Å². The fourth-order valence-electron chi connectivity index (χ4n) is 2.06. The van der Waals surface area contributed by atoms with Gasteiger partial charge in [-0.3, -0.25) is 0 Å². The molecule has 2 nitrogen and oxygen atoms in total. The van der Waals surface area contributed by atoms with Crippen LogP contribution in [0.5, 0.6) is 0 Å². The van der Waals surface area contributed by atoms with Gasteiger partial charge in [-0.1, -0.05) is 18.2 Å². The number of fused-ring (bicyclic) bond motifs is 1. The van der Waals surface area contributed by atoms with Gasteiger partial charge < -0.3 is 10.3 Å². The molecule has 0 fully saturated rings. The van der Waals surface area contributed by atoms with Crippen LogP contribution in [-0.2, 0) is 13.5 Å². The molecular formula is C12H17ClN2. The number of aryl methyl sites for hydroxylation is 1. The van der Waals surface area contributed by atoms with Gasteiger partial charge in [0.25, 0.3) is 0 Å². The third-order valence-corrected chi connectivity index (χ3v) is 2.92. The number of para-hydroxylation sites is 1. The second kappa shape index (κ2) is 4.69. The van der Waals surface area contributed by atoms with E-state index in [0.717, 1.165) is 13.0 Å². The van der Waals surface area contributed by atoms with Gasteiger partial charge >= 0.3 is 0 Å². The zero-order valence-electron chi connectivity index (χ0n) is 9.16. The molecule has 0 bridgehead atoms. The van der Waals surface area contributed by atoms with Gasteiger partial charge in [-0.2, -0.15) is 0 Å². The van der Waals surface area contributed by atoms with Gasteiger partial charge in [0.05, 0.1) is 0 Å². The Morgan fingerprint density at radius 2 is 1.93 bits per heavy atom. The van der Waals surface area contributed by atoms with Gasteiger partial charge in [0.1, 0.15) is 0 Å². The summed E-state index contributed by atoms with van der Waals surface area (Å²) in [4.78, 5) is 0. The van der Waals surface area contributed by atoms with Crippen LogP contribution in [0.15, 0.2) is 24.3 Å². The Morgan fingerprint density at radius 3 is 2.60 bits per heavy atom. The molecule has 2 rings (SSSR count). The molecule has 0 spiro atoms. The van der Waals surface area contributed by atoms with Crippen molar-refractivity contribution in [2.45, 2.75) is 13.3 Å². The van der Waals surface area contributed by atoms with Crippen LogP contribution in [0, 0.1) is 6.92 Å². The van der Waals surface area contributed by atoms with Gasteiger partial charge in [0.2, 0.25) is 0 Å². The van der Waals surface area contributed by atoms with Gasteiger partial charge in [0.15, 0.2) is 0 Å². The number of hydrogen-bond donors (Lipinski definition) is 1. The minimum atomic E-state index is 0. The van der Waals surface area contributed by atoms with E-state index < -0.39 is 0 Å². The van der Waals surface area contributed by atoms with Crippen LogP contribution in [0.25, 0.3) is 10.9 Å². The quantitative estimate of drug-likeness (QED) is 0.835. The predicted molar refractivity (Wildman–Crippen MR) is 67.7 cm³/mol. The molecule has 0 unspecified atom stereocenters. The van der Waals surface area contributed by atoms with Gasteiger partial charge in [0, 0.05) is 23.6 Å². The van der Waals surface area contributed by atoms with Crippen molar-refractivity contribution in [3.63, 3.8) is 0 Å². The van der Waals surface area contributed by atoms with Crippen LogP contribution in [-0.4, -0.2) is 11.1 Å². The molecule has 0 radical (unpaired) electrons. The average Bonchev–Trinajstić information content (AvgIpc) is 2.45. The maximum Gasteiger partial charge on any atom is 0.0482 e. The Hall–Kier alpha value is -0.990. The number of hydrogen-bond acceptors (Lipinski definition) is 1. The lowest BCUT2D eigenvalue weighted by Crippen LogP contribution is -2.03. The summed E-state index contributed by atoms with van der Waals surface area (Å²) >= 11 is 0. The molecule has 1 heterocycles. The summed E-state index contributed by atoms with van der Waals surface area (Å²) in [5.74, 6) is 0. The average molecular weight is 225 g/mol. The number of nitrogens with zero attached hydrogens (tertiary/aromatic N) is 1. The highest BCUT2D eigenvalue weighted by atomic mass is 35.5. The SMILES string of the molecule is Cc1c(CCN)c2ccccc2n1C.Cl. The lowest BCUT2D eigenvalue weighted by molar-refractivity contribution is 0.882. The number of benzene rings is 1. The highest BCUT2D eigenvalue weighted by molar-refractivity contribution is 5.85. The van der Waals surface area contributed by atoms with Gasteiger partial charge in [-0.15, -0.1) is 12.4 Å². The smallest absolute Gasteiger partial charge is 0.0482 e. The molecule has 0 aliphatic rings. The summed E-state index contributed by atoms with van der Waals surface area (Å²) in [7, 11) is 2.11. The molecule has 0 atom stereocenters. The Morgan fingerprint density at radius 1 is 1.27 bits per heavy atom. The van der Waals surface area contributed by atoms with Crippen molar-refractivity contribution < 1.29 is 0 Å². The van der Waals surface area contributed by atoms with Crippen molar-refractivity contribution in [3.05, 3.63) is 35.5 Å². The van der Waals surface area contributed by atoms with E-state index in [1.807, 2.05) is 0 Å². The van der Waals surface area contributed by atoms with E-state index in [4.69, 9.17) is 5.73 Å². The Labute approximate surface area is 96.5 Å². The third kappa shape index (κ3) is 1.87. The fraction of sp³-hybridized carbons (Fsp3) is 0.333. The zero-order valence-corrected chi connectivity index (χ0v) is 9.97. The van der Waals surface area contributed by atoms with Crippen molar-refractivity contribution in [2.75, 3.05) is 6.54 Å². The second-order valence-electron chi connectivity index (χ2n) is 3.68. The monoisotopic (exact) mass is 224 g/mol. The minimum Gasteiger partial charge on any atom is -0.348 e. The van der Waals surface area contributed by atoms with Crippen LogP contribution in [0.1, 0.15) is 11.3 Å². The largest absolute Gasteiger partial charge is 0.348 e. The van der Waals surface area contributed by atoms with E-state index in [1.165, 1.54) is 22.2 Å². The summed E-state index contributed by atoms with van der Waals surface area (Å²) in [6.45, 7) is 2.87. The first-order valence-corrected chi connectivity index (χ1v) is 4.98. The molecular weight excluding hydrogens is 208 g/mol. The number of nitrogens with two attached hydrogens (primary N) is 1. The predicted octanol–water partition coefficient (Wildman–Crippen LogP) is 2.41. The number of aromatic nitrogens is 1. The molecule has 0 aliphatic heterocycles. The van der Waals surface area contributed by atoms with Gasteiger partial charge in [-0.25, -0.2) is 0 Å². The molecule has 15 heavy (non-hydrogen) atoms. The highest BCUT2D eigenvalue weighted by Crippen LogP contribution is 2.24. The Bertz CT molecular complexity index is 460. The lowest BCUT2D eigenvalue weighted by Gasteiger charge is -1.99. The van der Waals surface area contributed by atoms with E-state index in [0.29, 0.717) is 0 Å². The Balaban J connectivity index is 0.00000112. The fourth-order valence-corrected chi connectivity index (χ4v) is 2.06. The summed E-state index contributed by atoms with van der Waals surface area (Å²) in [5.41, 5.74) is 9.64. The van der Waals surface area contributed by atoms with E-state index in [2.05, 4.69) is 42.8 Å². The molecule has 0 saturated heterocycles. The summed E-state index contributed by atoms with van der Waals surface area (Å²) < 4.78 is 2.24. The van der Waals surface area contributed by atoms with Crippen molar-refractivity contribution in [1.82, 2.24) is 4.57 Å². The second-order valence-corrected chi connectivity index (χ2v) is 3.68. The lowest BCUT2D eigenvalue weighted by atomic mass is 10.1. The molecule has 3 heteroatoms. The third-order valence-electron chi connectivity index (χ3n) is 2.92. The highest BCUT2D eigenvalue weighted by Gasteiger charge is 2.09. The van der Waals surface area contributed by atoms with Crippen LogP contribution in [0.3, 0.4) is 0 Å². The summed E-state index contributed by atoms with van der Waals surface area (Å²) in [5, 5.41) is 1.35. The number of rotatable bonds is 2. The first-order valence-electron chi connectivity index (χ1n) is 4.98. The molecule has 82 valence electrons. The molecule has 2 N–H and O–H groups in total. The maximum atomic E-state index is 5.62. The van der Waals surface area contributed by atoms with E-state index in [-0.39, 0.29) is 12.4 Å². The Kier molecular flexibility index (Phi) is 3.77. The summed E-state index contributed by atoms with van der Waals surface area (Å²) in [6, 6.07) is 8.49. The standard InChI is InChI=1S/C12H16N2.ClH/c1-9-10(7-8-13)11-5-3-4-6-12(11)14(9)2;/h3-6H,7-8,13H2,1-2H3;1H. The topological polar surface area (TPSA) is 30.9 Å². The molecule has 0 amide bonds. The summed E-state index contributed by atoms with van der Waals surface area (Å²) in [6.07, 6.45) is 0.965. The van der Waals surface area contributed by atoms with E-state index in [9.17, 15) is 0 Å². The van der Waals surface area contributed by atoms with E-state index >= 15 is 0 Å². The molecule has 2 aromatic rings. The molecule has 1 aromatic carbocycles. The first-order chi connectivity index (χ1) is 6.75. The van der Waals surface area contributed by atoms with Crippen LogP contribution >= 0.6 is 12.4 Å². The van der Waals surface area contributed by atoms with Crippen molar-refractivity contribution in [3.8, 4) is 0 Å². The zero-order chi connectivity index (χ0) is 10.1. The maximum absolute atomic E-state index is 5.62. The van der Waals surface area contributed by atoms with Crippen LogP contribution in [0.4, 0.5) is 0 Å². The number of halogens is 1. The molecule has 0 aliphatic carbocycles. The van der Waals surface area contributed by atoms with E-state index in [1.54, 1.807) is 0 Å². The normalized spacial score (nSPS) is 10.3. The van der Waals surface area contributed by atoms with Crippen molar-refractivity contribution in [2.24, 2.45) is 12.8 Å². The molecule has 0 saturated carbocycles. The minimum absolute atomic E-state index is 0. The van der Waals surface area contributed by atoms with Crippen LogP contribution < -0.4 is 5.73 Å². The van der Waals surface area contributed by atoms with Crippen molar-refractivity contribution in [1.29, 1.82) is 0 Å². The first kappa shape index (κ1) is 12.1.